The lowest BCUT2D eigenvalue weighted by Gasteiger charge is -2.30. The molecule has 0 unspecified atom stereocenters. The van der Waals surface area contributed by atoms with Gasteiger partial charge < -0.3 is 9.80 Å². The zero-order valence-corrected chi connectivity index (χ0v) is 38.2. The van der Waals surface area contributed by atoms with Crippen LogP contribution in [-0.4, -0.2) is 0 Å². The zero-order valence-electron chi connectivity index (χ0n) is 38.2. The molecule has 13 rings (SSSR count). The van der Waals surface area contributed by atoms with Crippen LogP contribution in [0.4, 0.5) is 34.1 Å². The van der Waals surface area contributed by atoms with E-state index in [2.05, 4.69) is 254 Å². The van der Waals surface area contributed by atoms with Crippen LogP contribution < -0.4 is 9.80 Å². The van der Waals surface area contributed by atoms with Crippen LogP contribution in [0.3, 0.4) is 0 Å². The Kier molecular flexibility index (Phi) is 9.13. The number of nitrogens with zero attached hydrogens (tertiary/aromatic N) is 2. The zero-order chi connectivity index (χ0) is 45.5. The van der Waals surface area contributed by atoms with E-state index in [0.29, 0.717) is 0 Å². The van der Waals surface area contributed by atoms with Gasteiger partial charge in [-0.2, -0.15) is 0 Å². The Labute approximate surface area is 399 Å². The highest BCUT2D eigenvalue weighted by atomic mass is 15.2. The van der Waals surface area contributed by atoms with Gasteiger partial charge in [0.05, 0.1) is 11.4 Å². The van der Waals surface area contributed by atoms with Crippen LogP contribution in [0, 0.1) is 0 Å². The summed E-state index contributed by atoms with van der Waals surface area (Å²) in [5.41, 5.74) is 27.9. The lowest BCUT2D eigenvalue weighted by atomic mass is 9.82. The molecule has 3 aliphatic rings. The second kappa shape index (κ2) is 15.6. The van der Waals surface area contributed by atoms with Crippen molar-refractivity contribution < 1.29 is 0 Å². The number of benzene rings is 10. The minimum absolute atomic E-state index is 0.0766. The van der Waals surface area contributed by atoms with Crippen molar-refractivity contribution in [3.05, 3.63) is 270 Å². The van der Waals surface area contributed by atoms with E-state index >= 15 is 0 Å². The molecule has 0 amide bonds. The molecule has 2 nitrogen and oxygen atoms in total. The van der Waals surface area contributed by atoms with Crippen LogP contribution in [0.25, 0.3) is 61.2 Å². The normalized spacial score (nSPS) is 13.2. The number of fused-ring (bicyclic) bond motifs is 9. The smallest absolute Gasteiger partial charge is 0.0546 e. The predicted molar refractivity (Wildman–Crippen MR) is 286 cm³/mol. The summed E-state index contributed by atoms with van der Waals surface area (Å²) >= 11 is 0. The summed E-state index contributed by atoms with van der Waals surface area (Å²) in [5.74, 6) is 0. The second-order valence-corrected chi connectivity index (χ2v) is 18.9. The molecule has 0 bridgehead atoms. The molecule has 0 heterocycles. The van der Waals surface area contributed by atoms with Gasteiger partial charge in [0.1, 0.15) is 0 Å². The number of para-hydroxylation sites is 2. The summed E-state index contributed by atoms with van der Waals surface area (Å²) < 4.78 is 0. The molecule has 0 saturated carbocycles. The van der Waals surface area contributed by atoms with Crippen molar-refractivity contribution in [3.8, 4) is 55.6 Å². The molecule has 68 heavy (non-hydrogen) atoms. The van der Waals surface area contributed by atoms with E-state index in [0.717, 1.165) is 51.7 Å². The monoisotopic (exact) mass is 868 g/mol. The van der Waals surface area contributed by atoms with Gasteiger partial charge in [-0.3, -0.25) is 0 Å². The van der Waals surface area contributed by atoms with Crippen molar-refractivity contribution in [2.45, 2.75) is 25.7 Å². The van der Waals surface area contributed by atoms with Crippen molar-refractivity contribution in [2.24, 2.45) is 0 Å². The molecule has 0 aromatic heterocycles. The van der Waals surface area contributed by atoms with Crippen LogP contribution >= 0.6 is 0 Å². The first-order chi connectivity index (χ1) is 33.4. The molecular formula is C66H48N2. The Morgan fingerprint density at radius 3 is 1.65 bits per heavy atom. The van der Waals surface area contributed by atoms with Gasteiger partial charge in [0.25, 0.3) is 0 Å². The fraction of sp³-hybridized carbons (Fsp3) is 0.0606. The molecule has 0 spiro atoms. The first-order valence-corrected chi connectivity index (χ1v) is 23.7. The van der Waals surface area contributed by atoms with Crippen LogP contribution in [0.2, 0.25) is 0 Å². The van der Waals surface area contributed by atoms with Crippen LogP contribution in [0.15, 0.2) is 237 Å². The summed E-state index contributed by atoms with van der Waals surface area (Å²) in [5, 5.41) is 0. The average molecular weight is 869 g/mol. The van der Waals surface area contributed by atoms with Gasteiger partial charge >= 0.3 is 0 Å². The number of hydrogen-bond donors (Lipinski definition) is 0. The Hall–Kier alpha value is -8.46. The maximum Gasteiger partial charge on any atom is 0.0546 e. The summed E-state index contributed by atoms with van der Waals surface area (Å²) in [6, 6.07) is 84.8. The first-order valence-electron chi connectivity index (χ1n) is 23.7. The summed E-state index contributed by atoms with van der Waals surface area (Å²) in [6.07, 6.45) is 0.961. The van der Waals surface area contributed by atoms with Crippen LogP contribution in [-0.2, 0) is 11.8 Å². The minimum atomic E-state index is -0.0766. The molecule has 0 N–H and O–H groups in total. The highest BCUT2D eigenvalue weighted by molar-refractivity contribution is 6.11. The van der Waals surface area contributed by atoms with E-state index < -0.39 is 0 Å². The largest absolute Gasteiger partial charge is 0.310 e. The molecule has 0 aliphatic heterocycles. The molecule has 0 atom stereocenters. The van der Waals surface area contributed by atoms with Crippen molar-refractivity contribution in [2.75, 3.05) is 9.80 Å². The highest BCUT2D eigenvalue weighted by Gasteiger charge is 2.36. The van der Waals surface area contributed by atoms with Crippen LogP contribution in [0.5, 0.6) is 0 Å². The Bertz CT molecular complexity index is 3640. The SMILES string of the molecule is C=C1c2ccccc2-c2c(N(c3ccccc3)c3ccc4c(c3)-c3ccccc3C4(C)C)ccc(-c3ccc(N(c4ccc5c(c4)-c4ccccc4C5)c4ccccc4-c4ccccc4)cc3)c21. The summed E-state index contributed by atoms with van der Waals surface area (Å²) in [7, 11) is 0. The van der Waals surface area contributed by atoms with Gasteiger partial charge in [-0.1, -0.05) is 190 Å². The first kappa shape index (κ1) is 39.9. The molecule has 10 aromatic carbocycles. The Balaban J connectivity index is 0.966. The van der Waals surface area contributed by atoms with Gasteiger partial charge in [0, 0.05) is 39.3 Å². The van der Waals surface area contributed by atoms with Gasteiger partial charge in [-0.25, -0.2) is 0 Å². The molecule has 322 valence electrons. The lowest BCUT2D eigenvalue weighted by Crippen LogP contribution is -2.15. The van der Waals surface area contributed by atoms with Crippen molar-refractivity contribution in [1.29, 1.82) is 0 Å². The lowest BCUT2D eigenvalue weighted by molar-refractivity contribution is 0.660. The molecule has 3 aliphatic carbocycles. The molecular weight excluding hydrogens is 821 g/mol. The number of hydrogen-bond acceptors (Lipinski definition) is 2. The van der Waals surface area contributed by atoms with E-state index in [1.54, 1.807) is 0 Å². The Morgan fingerprint density at radius 1 is 0.338 bits per heavy atom. The molecule has 10 aromatic rings. The molecule has 0 radical (unpaired) electrons. The Morgan fingerprint density at radius 2 is 0.868 bits per heavy atom. The van der Waals surface area contributed by atoms with Crippen molar-refractivity contribution in [1.82, 2.24) is 0 Å². The van der Waals surface area contributed by atoms with Crippen LogP contribution in [0.1, 0.15) is 47.2 Å². The van der Waals surface area contributed by atoms with E-state index in [9.17, 15) is 0 Å². The molecule has 2 heteroatoms. The molecule has 0 saturated heterocycles. The quantitative estimate of drug-likeness (QED) is 0.150. The third-order valence-electron chi connectivity index (χ3n) is 14.8. The standard InChI is InChI=1S/C66H48N2/c1-43-52-23-12-13-27-57(52)65-63(68(48-21-8-5-9-22-48)51-36-38-61-59(42-51)56-26-14-16-28-60(56)66(61,2)3)39-37-55(64(43)65)45-30-33-49(34-31-45)67(62-29-17-15-25-54(62)44-18-6-4-7-19-44)50-35-32-47-40-46-20-10-11-24-53(46)58(47)41-50/h4-39,41-42H,1,40H2,2-3H3. The van der Waals surface area contributed by atoms with Gasteiger partial charge in [0.2, 0.25) is 0 Å². The fourth-order valence-corrected chi connectivity index (χ4v) is 11.6. The fourth-order valence-electron chi connectivity index (χ4n) is 11.6. The van der Waals surface area contributed by atoms with Crippen molar-refractivity contribution >= 4 is 39.7 Å². The van der Waals surface area contributed by atoms with E-state index in [1.807, 2.05) is 0 Å². The third kappa shape index (κ3) is 6.18. The summed E-state index contributed by atoms with van der Waals surface area (Å²) in [6.45, 7) is 9.53. The molecule has 0 fully saturated rings. The highest BCUT2D eigenvalue weighted by Crippen LogP contribution is 2.56. The topological polar surface area (TPSA) is 6.48 Å². The number of anilines is 6. The minimum Gasteiger partial charge on any atom is -0.310 e. The van der Waals surface area contributed by atoms with Gasteiger partial charge in [-0.15, -0.1) is 0 Å². The van der Waals surface area contributed by atoms with Gasteiger partial charge in [-0.05, 0) is 151 Å². The summed E-state index contributed by atoms with van der Waals surface area (Å²) in [4.78, 5) is 4.88. The average Bonchev–Trinajstić information content (AvgIpc) is 3.99. The predicted octanol–water partition coefficient (Wildman–Crippen LogP) is 17.9. The second-order valence-electron chi connectivity index (χ2n) is 18.9. The van der Waals surface area contributed by atoms with Crippen molar-refractivity contribution in [3.63, 3.8) is 0 Å². The van der Waals surface area contributed by atoms with E-state index in [4.69, 9.17) is 6.58 Å². The van der Waals surface area contributed by atoms with E-state index in [-0.39, 0.29) is 5.41 Å². The van der Waals surface area contributed by atoms with E-state index in [1.165, 1.54) is 83.5 Å². The third-order valence-corrected chi connectivity index (χ3v) is 14.8. The maximum atomic E-state index is 4.84. The maximum absolute atomic E-state index is 4.84. The van der Waals surface area contributed by atoms with Gasteiger partial charge in [0.15, 0.2) is 0 Å². The number of rotatable bonds is 8.